The molecule has 0 aromatic heterocycles. The summed E-state index contributed by atoms with van der Waals surface area (Å²) in [6.07, 6.45) is 1.07. The maximum Gasteiger partial charge on any atom is 0.119 e. The Hall–Kier alpha value is -2.38. The second-order valence-electron chi connectivity index (χ2n) is 5.80. The van der Waals surface area contributed by atoms with Crippen LogP contribution in [0.4, 0.5) is 11.4 Å². The van der Waals surface area contributed by atoms with Crippen molar-refractivity contribution in [3.63, 3.8) is 0 Å². The van der Waals surface area contributed by atoms with Gasteiger partial charge in [-0.1, -0.05) is 11.6 Å². The van der Waals surface area contributed by atoms with Crippen LogP contribution in [-0.2, 0) is 0 Å². The van der Waals surface area contributed by atoms with E-state index in [0.29, 0.717) is 10.6 Å². The third-order valence-corrected chi connectivity index (χ3v) is 4.68. The van der Waals surface area contributed by atoms with E-state index in [4.69, 9.17) is 21.6 Å². The van der Waals surface area contributed by atoms with Crippen LogP contribution in [0.15, 0.2) is 42.5 Å². The lowest BCUT2D eigenvalue weighted by Gasteiger charge is -2.25. The highest BCUT2D eigenvalue weighted by Crippen LogP contribution is 2.26. The Morgan fingerprint density at radius 2 is 1.58 bits per heavy atom. The fourth-order valence-electron chi connectivity index (χ4n) is 3.02. The van der Waals surface area contributed by atoms with Crippen molar-refractivity contribution >= 4 is 23.0 Å². The van der Waals surface area contributed by atoms with E-state index in [1.807, 2.05) is 24.3 Å². The molecular weight excluding hydrogens is 322 g/mol. The monoisotopic (exact) mass is 341 g/mol. The summed E-state index contributed by atoms with van der Waals surface area (Å²) >= 11 is 6.17. The molecule has 0 unspecified atom stereocenters. The summed E-state index contributed by atoms with van der Waals surface area (Å²) in [5.41, 5.74) is 2.82. The van der Waals surface area contributed by atoms with Gasteiger partial charge in [0.2, 0.25) is 0 Å². The SMILES string of the molecule is COc1ccc(N2CCCN(c3ccc(C#N)c(Cl)c3)CC2)cc1. The van der Waals surface area contributed by atoms with Gasteiger partial charge >= 0.3 is 0 Å². The predicted octanol–water partition coefficient (Wildman–Crippen LogP) is 3.94. The van der Waals surface area contributed by atoms with Crippen LogP contribution in [-0.4, -0.2) is 33.3 Å². The number of nitriles is 1. The standard InChI is InChI=1S/C19H20ClN3O/c1-24-18-7-5-16(6-8-18)22-9-2-10-23(12-11-22)17-4-3-15(14-21)19(20)13-17/h3-8,13H,2,9-12H2,1H3. The average molecular weight is 342 g/mol. The van der Waals surface area contributed by atoms with Crippen molar-refractivity contribution in [3.05, 3.63) is 53.1 Å². The van der Waals surface area contributed by atoms with Gasteiger partial charge in [-0.15, -0.1) is 0 Å². The molecule has 1 heterocycles. The van der Waals surface area contributed by atoms with E-state index in [0.717, 1.165) is 44.0 Å². The zero-order valence-corrected chi connectivity index (χ0v) is 14.5. The number of nitrogens with zero attached hydrogens (tertiary/aromatic N) is 3. The number of anilines is 2. The Kier molecular flexibility index (Phi) is 5.12. The van der Waals surface area contributed by atoms with E-state index in [1.54, 1.807) is 13.2 Å². The Labute approximate surface area is 147 Å². The average Bonchev–Trinajstić information content (AvgIpc) is 2.88. The first-order chi connectivity index (χ1) is 11.7. The molecule has 0 bridgehead atoms. The van der Waals surface area contributed by atoms with Crippen LogP contribution in [0.25, 0.3) is 0 Å². The number of hydrogen-bond acceptors (Lipinski definition) is 4. The van der Waals surface area contributed by atoms with E-state index < -0.39 is 0 Å². The minimum Gasteiger partial charge on any atom is -0.497 e. The first-order valence-electron chi connectivity index (χ1n) is 8.05. The first-order valence-corrected chi connectivity index (χ1v) is 8.42. The molecule has 1 fully saturated rings. The van der Waals surface area contributed by atoms with Crippen molar-refractivity contribution in [2.24, 2.45) is 0 Å². The van der Waals surface area contributed by atoms with Crippen LogP contribution in [0.3, 0.4) is 0 Å². The van der Waals surface area contributed by atoms with Crippen LogP contribution < -0.4 is 14.5 Å². The van der Waals surface area contributed by atoms with E-state index in [1.165, 1.54) is 5.69 Å². The normalized spacial score (nSPS) is 14.9. The van der Waals surface area contributed by atoms with Crippen molar-refractivity contribution in [2.75, 3.05) is 43.1 Å². The molecule has 124 valence electrons. The fourth-order valence-corrected chi connectivity index (χ4v) is 3.24. The predicted molar refractivity (Wildman–Crippen MR) is 98.2 cm³/mol. The fraction of sp³-hybridized carbons (Fsp3) is 0.316. The van der Waals surface area contributed by atoms with Crippen LogP contribution >= 0.6 is 11.6 Å². The van der Waals surface area contributed by atoms with Crippen molar-refractivity contribution in [3.8, 4) is 11.8 Å². The van der Waals surface area contributed by atoms with Gasteiger partial charge in [-0.05, 0) is 48.9 Å². The molecule has 0 atom stereocenters. The molecule has 24 heavy (non-hydrogen) atoms. The lowest BCUT2D eigenvalue weighted by Crippen LogP contribution is -2.30. The van der Waals surface area contributed by atoms with Gasteiger partial charge in [-0.25, -0.2) is 0 Å². The second-order valence-corrected chi connectivity index (χ2v) is 6.21. The summed E-state index contributed by atoms with van der Waals surface area (Å²) in [5, 5.41) is 9.52. The number of halogens is 1. The van der Waals surface area contributed by atoms with Gasteiger partial charge in [0.05, 0.1) is 17.7 Å². The van der Waals surface area contributed by atoms with Crippen molar-refractivity contribution in [2.45, 2.75) is 6.42 Å². The molecule has 0 radical (unpaired) electrons. The maximum absolute atomic E-state index is 9.00. The van der Waals surface area contributed by atoms with E-state index in [2.05, 4.69) is 28.0 Å². The van der Waals surface area contributed by atoms with Gasteiger partial charge in [0, 0.05) is 37.6 Å². The molecular formula is C19H20ClN3O. The van der Waals surface area contributed by atoms with Gasteiger partial charge in [0.25, 0.3) is 0 Å². The lowest BCUT2D eigenvalue weighted by molar-refractivity contribution is 0.415. The largest absolute Gasteiger partial charge is 0.497 e. The molecule has 3 rings (SSSR count). The Morgan fingerprint density at radius 1 is 0.958 bits per heavy atom. The summed E-state index contributed by atoms with van der Waals surface area (Å²) in [5.74, 6) is 0.877. The molecule has 2 aromatic rings. The Balaban J connectivity index is 1.70. The maximum atomic E-state index is 9.00. The molecule has 5 heteroatoms. The summed E-state index contributed by atoms with van der Waals surface area (Å²) in [7, 11) is 1.68. The van der Waals surface area contributed by atoms with Gasteiger partial charge in [0.1, 0.15) is 11.8 Å². The van der Waals surface area contributed by atoms with Crippen LogP contribution in [0, 0.1) is 11.3 Å². The molecule has 2 aromatic carbocycles. The van der Waals surface area contributed by atoms with Gasteiger partial charge in [0.15, 0.2) is 0 Å². The summed E-state index contributed by atoms with van der Waals surface area (Å²) < 4.78 is 5.22. The lowest BCUT2D eigenvalue weighted by atomic mass is 10.2. The third kappa shape index (κ3) is 3.58. The van der Waals surface area contributed by atoms with Crippen molar-refractivity contribution < 1.29 is 4.74 Å². The molecule has 0 amide bonds. The number of hydrogen-bond donors (Lipinski definition) is 0. The molecule has 1 aliphatic rings. The second kappa shape index (κ2) is 7.46. The molecule has 4 nitrogen and oxygen atoms in total. The number of rotatable bonds is 3. The number of benzene rings is 2. The molecule has 0 aliphatic carbocycles. The number of ether oxygens (including phenoxy) is 1. The van der Waals surface area contributed by atoms with Gasteiger partial charge in [-0.3, -0.25) is 0 Å². The first kappa shape index (κ1) is 16.5. The minimum absolute atomic E-state index is 0.520. The Morgan fingerprint density at radius 3 is 2.17 bits per heavy atom. The highest BCUT2D eigenvalue weighted by Gasteiger charge is 2.16. The highest BCUT2D eigenvalue weighted by molar-refractivity contribution is 6.32. The molecule has 1 aliphatic heterocycles. The molecule has 0 saturated carbocycles. The van der Waals surface area contributed by atoms with Crippen LogP contribution in [0.2, 0.25) is 5.02 Å². The Bertz CT molecular complexity index is 739. The smallest absolute Gasteiger partial charge is 0.119 e. The quantitative estimate of drug-likeness (QED) is 0.847. The topological polar surface area (TPSA) is 39.5 Å². The van der Waals surface area contributed by atoms with Crippen LogP contribution in [0.5, 0.6) is 5.75 Å². The molecule has 0 spiro atoms. The zero-order chi connectivity index (χ0) is 16.9. The zero-order valence-electron chi connectivity index (χ0n) is 13.7. The van der Waals surface area contributed by atoms with E-state index in [9.17, 15) is 0 Å². The number of methoxy groups -OCH3 is 1. The summed E-state index contributed by atoms with van der Waals surface area (Å²) in [6, 6.07) is 16.0. The summed E-state index contributed by atoms with van der Waals surface area (Å²) in [6.45, 7) is 3.87. The van der Waals surface area contributed by atoms with Crippen molar-refractivity contribution in [1.29, 1.82) is 5.26 Å². The minimum atomic E-state index is 0.520. The third-order valence-electron chi connectivity index (χ3n) is 4.37. The molecule has 0 N–H and O–H groups in total. The van der Waals surface area contributed by atoms with Gasteiger partial charge in [-0.2, -0.15) is 5.26 Å². The van der Waals surface area contributed by atoms with E-state index in [-0.39, 0.29) is 0 Å². The van der Waals surface area contributed by atoms with E-state index >= 15 is 0 Å². The summed E-state index contributed by atoms with van der Waals surface area (Å²) in [4.78, 5) is 4.72. The van der Waals surface area contributed by atoms with Crippen molar-refractivity contribution in [1.82, 2.24) is 0 Å². The molecule has 1 saturated heterocycles. The highest BCUT2D eigenvalue weighted by atomic mass is 35.5. The van der Waals surface area contributed by atoms with Gasteiger partial charge < -0.3 is 14.5 Å². The van der Waals surface area contributed by atoms with Crippen LogP contribution in [0.1, 0.15) is 12.0 Å².